The molecule has 2 amide bonds. The summed E-state index contributed by atoms with van der Waals surface area (Å²) >= 11 is 0. The zero-order valence-corrected chi connectivity index (χ0v) is 13.2. The molecule has 2 aromatic rings. The zero-order valence-electron chi connectivity index (χ0n) is 13.2. The van der Waals surface area contributed by atoms with Crippen molar-refractivity contribution in [2.45, 2.75) is 32.9 Å². The molecule has 0 aliphatic heterocycles. The van der Waals surface area contributed by atoms with Gasteiger partial charge in [0.2, 0.25) is 6.41 Å². The molecule has 10 heteroatoms. The van der Waals surface area contributed by atoms with E-state index in [4.69, 9.17) is 15.4 Å². The van der Waals surface area contributed by atoms with Crippen LogP contribution in [0, 0.1) is 13.8 Å². The maximum Gasteiger partial charge on any atom is 0.305 e. The summed E-state index contributed by atoms with van der Waals surface area (Å²) < 4.78 is 6.57. The highest BCUT2D eigenvalue weighted by atomic mass is 16.5. The molecule has 24 heavy (non-hydrogen) atoms. The fourth-order valence-corrected chi connectivity index (χ4v) is 2.15. The summed E-state index contributed by atoms with van der Waals surface area (Å²) in [5.74, 6) is -1.39. The van der Waals surface area contributed by atoms with Crippen molar-refractivity contribution in [2.24, 2.45) is 5.73 Å². The number of aliphatic carboxylic acids is 1. The second kappa shape index (κ2) is 7.04. The standard InChI is InChI=1S/C14H17N5O5/c1-8-11(9(2)24-17-8)6-18-5-10(4-16-18)19(7-20)14(23)12(15)3-13(21)22/h4-5,7,12H,3,6,15H2,1-2H3,(H,21,22). The Kier molecular flexibility index (Phi) is 5.09. The molecule has 3 N–H and O–H groups in total. The molecule has 0 bridgehead atoms. The Morgan fingerprint density at radius 1 is 1.50 bits per heavy atom. The van der Waals surface area contributed by atoms with E-state index >= 15 is 0 Å². The number of carbonyl (C=O) groups is 3. The molecule has 0 fully saturated rings. The average molecular weight is 335 g/mol. The third kappa shape index (κ3) is 3.66. The van der Waals surface area contributed by atoms with Gasteiger partial charge in [-0.25, -0.2) is 4.90 Å². The van der Waals surface area contributed by atoms with Gasteiger partial charge in [-0.15, -0.1) is 0 Å². The first-order valence-corrected chi connectivity index (χ1v) is 7.03. The van der Waals surface area contributed by atoms with E-state index in [2.05, 4.69) is 10.3 Å². The number of rotatable bonds is 7. The SMILES string of the molecule is Cc1noc(C)c1Cn1cc(N(C=O)C(=O)C(N)CC(=O)O)cn1. The van der Waals surface area contributed by atoms with Crippen LogP contribution in [0.3, 0.4) is 0 Å². The summed E-state index contributed by atoms with van der Waals surface area (Å²) in [6.45, 7) is 3.91. The molecule has 2 heterocycles. The fraction of sp³-hybridized carbons (Fsp3) is 0.357. The lowest BCUT2D eigenvalue weighted by atomic mass is 10.2. The van der Waals surface area contributed by atoms with E-state index in [1.165, 1.54) is 17.1 Å². The Labute approximate surface area is 136 Å². The number of aryl methyl sites for hydroxylation is 2. The molecule has 0 aliphatic rings. The molecule has 1 atom stereocenters. The van der Waals surface area contributed by atoms with Crippen LogP contribution in [0.1, 0.15) is 23.4 Å². The van der Waals surface area contributed by atoms with Crippen molar-refractivity contribution in [3.05, 3.63) is 29.4 Å². The summed E-state index contributed by atoms with van der Waals surface area (Å²) in [5.41, 5.74) is 7.27. The number of anilines is 1. The number of aromatic nitrogens is 3. The van der Waals surface area contributed by atoms with Crippen molar-refractivity contribution in [1.82, 2.24) is 14.9 Å². The number of amides is 2. The average Bonchev–Trinajstić information content (AvgIpc) is 3.09. The number of nitrogens with two attached hydrogens (primary N) is 1. The van der Waals surface area contributed by atoms with E-state index in [0.29, 0.717) is 12.3 Å². The third-order valence-corrected chi connectivity index (χ3v) is 3.45. The Hall–Kier alpha value is -3.01. The first kappa shape index (κ1) is 17.3. The largest absolute Gasteiger partial charge is 0.481 e. The van der Waals surface area contributed by atoms with Gasteiger partial charge in [-0.05, 0) is 13.8 Å². The number of carboxylic acid groups (broad SMARTS) is 1. The lowest BCUT2D eigenvalue weighted by Crippen LogP contribution is -2.44. The third-order valence-electron chi connectivity index (χ3n) is 3.45. The summed E-state index contributed by atoms with van der Waals surface area (Å²) in [5, 5.41) is 16.6. The van der Waals surface area contributed by atoms with E-state index in [9.17, 15) is 14.4 Å². The van der Waals surface area contributed by atoms with Gasteiger partial charge in [0.15, 0.2) is 0 Å². The maximum atomic E-state index is 12.1. The lowest BCUT2D eigenvalue weighted by Gasteiger charge is -2.16. The van der Waals surface area contributed by atoms with Gasteiger partial charge >= 0.3 is 5.97 Å². The normalized spacial score (nSPS) is 12.0. The van der Waals surface area contributed by atoms with E-state index in [1.54, 1.807) is 13.8 Å². The number of hydrogen-bond acceptors (Lipinski definition) is 7. The molecule has 0 saturated carbocycles. The van der Waals surface area contributed by atoms with Crippen LogP contribution in [0.15, 0.2) is 16.9 Å². The molecule has 10 nitrogen and oxygen atoms in total. The van der Waals surface area contributed by atoms with Crippen LogP contribution in [-0.4, -0.2) is 44.4 Å². The minimum Gasteiger partial charge on any atom is -0.481 e. The zero-order chi connectivity index (χ0) is 17.9. The van der Waals surface area contributed by atoms with Gasteiger partial charge in [0.05, 0.1) is 36.6 Å². The Balaban J connectivity index is 2.17. The lowest BCUT2D eigenvalue weighted by molar-refractivity contribution is -0.139. The van der Waals surface area contributed by atoms with Crippen LogP contribution in [0.2, 0.25) is 0 Å². The monoisotopic (exact) mass is 335 g/mol. The van der Waals surface area contributed by atoms with Crippen molar-refractivity contribution in [2.75, 3.05) is 4.90 Å². The van der Waals surface area contributed by atoms with Crippen molar-refractivity contribution >= 4 is 24.0 Å². The minimum absolute atomic E-state index is 0.197. The van der Waals surface area contributed by atoms with E-state index in [1.807, 2.05) is 0 Å². The number of imide groups is 1. The summed E-state index contributed by atoms with van der Waals surface area (Å²) in [4.78, 5) is 34.7. The highest BCUT2D eigenvalue weighted by molar-refractivity contribution is 6.09. The number of carboxylic acids is 1. The van der Waals surface area contributed by atoms with Crippen LogP contribution in [0.25, 0.3) is 0 Å². The molecule has 1 unspecified atom stereocenters. The van der Waals surface area contributed by atoms with Crippen molar-refractivity contribution in [3.63, 3.8) is 0 Å². The first-order chi connectivity index (χ1) is 11.3. The number of hydrogen-bond donors (Lipinski definition) is 2. The molecular formula is C14H17N5O5. The van der Waals surface area contributed by atoms with Gasteiger partial charge in [0.25, 0.3) is 5.91 Å². The smallest absolute Gasteiger partial charge is 0.305 e. The summed E-state index contributed by atoms with van der Waals surface area (Å²) in [7, 11) is 0. The quantitative estimate of drug-likeness (QED) is 0.663. The molecule has 0 aliphatic carbocycles. The second-order valence-electron chi connectivity index (χ2n) is 5.22. The molecule has 0 saturated heterocycles. The van der Waals surface area contributed by atoms with Crippen LogP contribution >= 0.6 is 0 Å². The number of carbonyl (C=O) groups excluding carboxylic acids is 2. The van der Waals surface area contributed by atoms with Gasteiger partial charge in [-0.1, -0.05) is 5.16 Å². The van der Waals surface area contributed by atoms with Crippen LogP contribution in [-0.2, 0) is 20.9 Å². The van der Waals surface area contributed by atoms with Crippen LogP contribution < -0.4 is 10.6 Å². The van der Waals surface area contributed by atoms with E-state index in [-0.39, 0.29) is 12.1 Å². The Bertz CT molecular complexity index is 746. The van der Waals surface area contributed by atoms with E-state index < -0.39 is 24.3 Å². The molecule has 2 rings (SSSR count). The van der Waals surface area contributed by atoms with Gasteiger partial charge in [-0.3, -0.25) is 19.1 Å². The number of nitrogens with zero attached hydrogens (tertiary/aromatic N) is 4. The summed E-state index contributed by atoms with van der Waals surface area (Å²) in [6.07, 6.45) is 2.50. The second-order valence-corrected chi connectivity index (χ2v) is 5.22. The molecular weight excluding hydrogens is 318 g/mol. The Morgan fingerprint density at radius 2 is 2.21 bits per heavy atom. The molecule has 2 aromatic heterocycles. The predicted molar refractivity (Wildman–Crippen MR) is 81.1 cm³/mol. The van der Waals surface area contributed by atoms with Crippen LogP contribution in [0.5, 0.6) is 0 Å². The minimum atomic E-state index is -1.32. The molecule has 0 radical (unpaired) electrons. The molecule has 0 aromatic carbocycles. The predicted octanol–water partition coefficient (Wildman–Crippen LogP) is -0.172. The van der Waals surface area contributed by atoms with Crippen molar-refractivity contribution in [1.29, 1.82) is 0 Å². The maximum absolute atomic E-state index is 12.1. The molecule has 0 spiro atoms. The highest BCUT2D eigenvalue weighted by Gasteiger charge is 2.25. The van der Waals surface area contributed by atoms with Gasteiger partial charge < -0.3 is 15.4 Å². The highest BCUT2D eigenvalue weighted by Crippen LogP contribution is 2.17. The van der Waals surface area contributed by atoms with Crippen molar-refractivity contribution in [3.8, 4) is 0 Å². The summed E-state index contributed by atoms with van der Waals surface area (Å²) in [6, 6.07) is -1.32. The van der Waals surface area contributed by atoms with Crippen LogP contribution in [0.4, 0.5) is 5.69 Å². The van der Waals surface area contributed by atoms with Gasteiger partial charge in [0, 0.05) is 11.8 Å². The topological polar surface area (TPSA) is 145 Å². The first-order valence-electron chi connectivity index (χ1n) is 7.03. The van der Waals surface area contributed by atoms with Gasteiger partial charge in [0.1, 0.15) is 5.76 Å². The Morgan fingerprint density at radius 3 is 2.75 bits per heavy atom. The van der Waals surface area contributed by atoms with Crippen molar-refractivity contribution < 1.29 is 24.0 Å². The fourth-order valence-electron chi connectivity index (χ4n) is 2.15. The molecule has 128 valence electrons. The van der Waals surface area contributed by atoms with Gasteiger partial charge in [-0.2, -0.15) is 5.10 Å². The van der Waals surface area contributed by atoms with E-state index in [0.717, 1.165) is 16.2 Å².